The van der Waals surface area contributed by atoms with Gasteiger partial charge < -0.3 is 10.1 Å². The summed E-state index contributed by atoms with van der Waals surface area (Å²) in [5.74, 6) is 0.862. The van der Waals surface area contributed by atoms with Gasteiger partial charge in [0.25, 0.3) is 0 Å². The number of nitrogens with zero attached hydrogens (tertiary/aromatic N) is 1. The van der Waals surface area contributed by atoms with Crippen LogP contribution in [0.25, 0.3) is 0 Å². The molecule has 2 N–H and O–H groups in total. The zero-order valence-electron chi connectivity index (χ0n) is 6.61. The van der Waals surface area contributed by atoms with Crippen molar-refractivity contribution in [2.45, 2.75) is 20.0 Å². The molecule has 0 aliphatic rings. The Morgan fingerprint density at radius 3 is 2.55 bits per heavy atom. The zero-order chi connectivity index (χ0) is 7.56. The molecule has 64 valence electrons. The average Bonchev–Trinajstić information content (AvgIpc) is 2.36. The minimum absolute atomic E-state index is 0. The van der Waals surface area contributed by atoms with Crippen molar-refractivity contribution in [1.29, 1.82) is 0 Å². The monoisotopic (exact) mass is 176 g/mol. The molecule has 0 saturated carbocycles. The molecule has 1 heterocycles. The highest BCUT2D eigenvalue weighted by Gasteiger charge is 2.12. The van der Waals surface area contributed by atoms with Crippen molar-refractivity contribution in [1.82, 2.24) is 9.97 Å². The van der Waals surface area contributed by atoms with E-state index in [0.29, 0.717) is 5.82 Å². The molecule has 1 aromatic rings. The van der Waals surface area contributed by atoms with Gasteiger partial charge in [0.05, 0.1) is 0 Å². The van der Waals surface area contributed by atoms with Gasteiger partial charge in [-0.25, -0.2) is 4.98 Å². The number of aromatic nitrogens is 2. The predicted octanol–water partition coefficient (Wildman–Crippen LogP) is 1.52. The minimum Gasteiger partial charge on any atom is -0.385 e. The summed E-state index contributed by atoms with van der Waals surface area (Å²) >= 11 is 0. The molecule has 11 heavy (non-hydrogen) atoms. The maximum absolute atomic E-state index is 9.39. The standard InChI is InChI=1S/C7H12N2O.ClH/c1-5(2)6(10)7-8-3-4-9-7;/h3-6,10H,1-2H3,(H,8,9);1H. The van der Waals surface area contributed by atoms with Crippen LogP contribution in [0.2, 0.25) is 0 Å². The highest BCUT2D eigenvalue weighted by molar-refractivity contribution is 5.85. The molecule has 4 heteroatoms. The molecule has 1 unspecified atom stereocenters. The Bertz CT molecular complexity index is 186. The number of aromatic amines is 1. The second-order valence-corrected chi connectivity index (χ2v) is 2.66. The maximum atomic E-state index is 9.39. The molecule has 3 nitrogen and oxygen atoms in total. The van der Waals surface area contributed by atoms with E-state index in [4.69, 9.17) is 0 Å². The van der Waals surface area contributed by atoms with Crippen molar-refractivity contribution in [3.63, 3.8) is 0 Å². The van der Waals surface area contributed by atoms with Gasteiger partial charge in [0.1, 0.15) is 11.9 Å². The number of hydrogen-bond acceptors (Lipinski definition) is 2. The average molecular weight is 177 g/mol. The third-order valence-electron chi connectivity index (χ3n) is 1.43. The van der Waals surface area contributed by atoms with Crippen LogP contribution in [0, 0.1) is 5.92 Å². The smallest absolute Gasteiger partial charge is 0.135 e. The number of aliphatic hydroxyl groups excluding tert-OH is 1. The van der Waals surface area contributed by atoms with Crippen LogP contribution in [-0.4, -0.2) is 15.1 Å². The summed E-state index contributed by atoms with van der Waals surface area (Å²) < 4.78 is 0. The Balaban J connectivity index is 0.000001000. The second-order valence-electron chi connectivity index (χ2n) is 2.66. The Hall–Kier alpha value is -0.540. The number of halogens is 1. The molecule has 0 bridgehead atoms. The van der Waals surface area contributed by atoms with Gasteiger partial charge in [0.2, 0.25) is 0 Å². The number of hydrogen-bond donors (Lipinski definition) is 2. The molecule has 0 radical (unpaired) electrons. The fourth-order valence-electron chi connectivity index (χ4n) is 0.755. The van der Waals surface area contributed by atoms with Crippen LogP contribution in [0.5, 0.6) is 0 Å². The Morgan fingerprint density at radius 2 is 2.18 bits per heavy atom. The van der Waals surface area contributed by atoms with Crippen LogP contribution >= 0.6 is 12.4 Å². The van der Waals surface area contributed by atoms with Gasteiger partial charge in [0.15, 0.2) is 0 Å². The van der Waals surface area contributed by atoms with Gasteiger partial charge in [-0.05, 0) is 5.92 Å². The first-order valence-electron chi connectivity index (χ1n) is 3.39. The van der Waals surface area contributed by atoms with Crippen molar-refractivity contribution in [3.05, 3.63) is 18.2 Å². The highest BCUT2D eigenvalue weighted by atomic mass is 35.5. The summed E-state index contributed by atoms with van der Waals surface area (Å²) in [6, 6.07) is 0. The molecule has 0 saturated heterocycles. The maximum Gasteiger partial charge on any atom is 0.135 e. The molecule has 0 amide bonds. The van der Waals surface area contributed by atoms with Crippen molar-refractivity contribution in [3.8, 4) is 0 Å². The molecule has 1 aromatic heterocycles. The van der Waals surface area contributed by atoms with Gasteiger partial charge in [0, 0.05) is 12.4 Å². The van der Waals surface area contributed by atoms with E-state index in [1.54, 1.807) is 12.4 Å². The number of nitrogens with one attached hydrogen (secondary N) is 1. The number of imidazole rings is 1. The topological polar surface area (TPSA) is 48.9 Å². The lowest BCUT2D eigenvalue weighted by Crippen LogP contribution is -2.06. The van der Waals surface area contributed by atoms with E-state index in [0.717, 1.165) is 0 Å². The van der Waals surface area contributed by atoms with E-state index in [1.165, 1.54) is 0 Å². The van der Waals surface area contributed by atoms with Crippen LogP contribution in [0.15, 0.2) is 12.4 Å². The van der Waals surface area contributed by atoms with Crippen molar-refractivity contribution >= 4 is 12.4 Å². The van der Waals surface area contributed by atoms with E-state index in [-0.39, 0.29) is 18.3 Å². The van der Waals surface area contributed by atoms with Crippen molar-refractivity contribution in [2.75, 3.05) is 0 Å². The van der Waals surface area contributed by atoms with Crippen LogP contribution in [0.1, 0.15) is 25.8 Å². The quantitative estimate of drug-likeness (QED) is 0.718. The normalized spacial score (nSPS) is 12.7. The van der Waals surface area contributed by atoms with Crippen molar-refractivity contribution < 1.29 is 5.11 Å². The highest BCUT2D eigenvalue weighted by Crippen LogP contribution is 2.16. The Morgan fingerprint density at radius 1 is 1.55 bits per heavy atom. The third-order valence-corrected chi connectivity index (χ3v) is 1.43. The fourth-order valence-corrected chi connectivity index (χ4v) is 0.755. The molecule has 0 spiro atoms. The predicted molar refractivity (Wildman–Crippen MR) is 45.6 cm³/mol. The second kappa shape index (κ2) is 4.36. The third kappa shape index (κ3) is 2.52. The van der Waals surface area contributed by atoms with E-state index < -0.39 is 6.10 Å². The summed E-state index contributed by atoms with van der Waals surface area (Å²) in [4.78, 5) is 6.79. The summed E-state index contributed by atoms with van der Waals surface area (Å²) in [7, 11) is 0. The lowest BCUT2D eigenvalue weighted by Gasteiger charge is -2.10. The largest absolute Gasteiger partial charge is 0.385 e. The van der Waals surface area contributed by atoms with Crippen LogP contribution in [0.4, 0.5) is 0 Å². The molecular weight excluding hydrogens is 164 g/mol. The molecule has 0 fully saturated rings. The van der Waals surface area contributed by atoms with Gasteiger partial charge in [-0.2, -0.15) is 0 Å². The van der Waals surface area contributed by atoms with Gasteiger partial charge in [-0.3, -0.25) is 0 Å². The Kier molecular flexibility index (Phi) is 4.15. The zero-order valence-corrected chi connectivity index (χ0v) is 7.43. The minimum atomic E-state index is -0.463. The molecule has 1 rings (SSSR count). The fraction of sp³-hybridized carbons (Fsp3) is 0.571. The van der Waals surface area contributed by atoms with Crippen LogP contribution < -0.4 is 0 Å². The van der Waals surface area contributed by atoms with Gasteiger partial charge >= 0.3 is 0 Å². The first-order valence-corrected chi connectivity index (χ1v) is 3.39. The van der Waals surface area contributed by atoms with Gasteiger partial charge in [-0.15, -0.1) is 12.4 Å². The van der Waals surface area contributed by atoms with Gasteiger partial charge in [-0.1, -0.05) is 13.8 Å². The lowest BCUT2D eigenvalue weighted by atomic mass is 10.1. The first kappa shape index (κ1) is 10.5. The van der Waals surface area contributed by atoms with E-state index in [1.807, 2.05) is 13.8 Å². The number of H-pyrrole nitrogens is 1. The molecule has 0 aromatic carbocycles. The van der Waals surface area contributed by atoms with Crippen molar-refractivity contribution in [2.24, 2.45) is 5.92 Å². The number of rotatable bonds is 2. The van der Waals surface area contributed by atoms with Crippen LogP contribution in [-0.2, 0) is 0 Å². The van der Waals surface area contributed by atoms with Crippen LogP contribution in [0.3, 0.4) is 0 Å². The molecular formula is C7H13ClN2O. The van der Waals surface area contributed by atoms with E-state index >= 15 is 0 Å². The number of aliphatic hydroxyl groups is 1. The SMILES string of the molecule is CC(C)C(O)c1ncc[nH]1.Cl. The Labute approximate surface area is 72.3 Å². The summed E-state index contributed by atoms with van der Waals surface area (Å²) in [6.07, 6.45) is 2.89. The lowest BCUT2D eigenvalue weighted by molar-refractivity contribution is 0.118. The molecule has 0 aliphatic heterocycles. The first-order chi connectivity index (χ1) is 4.72. The van der Waals surface area contributed by atoms with E-state index in [2.05, 4.69) is 9.97 Å². The summed E-state index contributed by atoms with van der Waals surface area (Å²) in [5, 5.41) is 9.39. The molecule has 1 atom stereocenters. The van der Waals surface area contributed by atoms with E-state index in [9.17, 15) is 5.11 Å². The molecule has 0 aliphatic carbocycles. The summed E-state index contributed by atoms with van der Waals surface area (Å²) in [6.45, 7) is 3.90. The summed E-state index contributed by atoms with van der Waals surface area (Å²) in [5.41, 5.74) is 0.